The summed E-state index contributed by atoms with van der Waals surface area (Å²) in [6.45, 7) is 0. The summed E-state index contributed by atoms with van der Waals surface area (Å²) >= 11 is 12.1. The summed E-state index contributed by atoms with van der Waals surface area (Å²) in [6.07, 6.45) is 0. The first-order chi connectivity index (χ1) is 10.6. The van der Waals surface area contributed by atoms with Gasteiger partial charge < -0.3 is 4.74 Å². The number of nitrogens with zero attached hydrogens (tertiary/aromatic N) is 1. The van der Waals surface area contributed by atoms with Gasteiger partial charge in [-0.1, -0.05) is 59.6 Å². The molecule has 0 aliphatic rings. The Morgan fingerprint density at radius 2 is 1.59 bits per heavy atom. The monoisotopic (exact) mass is 333 g/mol. The molecule has 110 valence electrons. The van der Waals surface area contributed by atoms with E-state index in [-0.39, 0.29) is 21.5 Å². The zero-order valence-electron chi connectivity index (χ0n) is 11.1. The minimum absolute atomic E-state index is 0.0899. The number of ether oxygens (including phenoxy) is 1. The highest BCUT2D eigenvalue weighted by molar-refractivity contribution is 6.37. The summed E-state index contributed by atoms with van der Waals surface area (Å²) < 4.78 is 5.80. The van der Waals surface area contributed by atoms with Crippen LogP contribution in [0.1, 0.15) is 0 Å². The van der Waals surface area contributed by atoms with Crippen LogP contribution in [0, 0.1) is 10.1 Å². The molecule has 0 saturated heterocycles. The van der Waals surface area contributed by atoms with Crippen LogP contribution in [0.5, 0.6) is 11.5 Å². The van der Waals surface area contributed by atoms with Gasteiger partial charge in [0.15, 0.2) is 5.75 Å². The summed E-state index contributed by atoms with van der Waals surface area (Å²) in [5.41, 5.74) is -0.180. The highest BCUT2D eigenvalue weighted by Gasteiger charge is 2.17. The highest BCUT2D eigenvalue weighted by Crippen LogP contribution is 2.40. The Labute approximate surface area is 136 Å². The lowest BCUT2D eigenvalue weighted by Crippen LogP contribution is -1.92. The van der Waals surface area contributed by atoms with Gasteiger partial charge in [-0.25, -0.2) is 0 Å². The van der Waals surface area contributed by atoms with Gasteiger partial charge >= 0.3 is 0 Å². The topological polar surface area (TPSA) is 52.4 Å². The van der Waals surface area contributed by atoms with Crippen molar-refractivity contribution in [3.8, 4) is 11.5 Å². The molecule has 0 saturated carbocycles. The summed E-state index contributed by atoms with van der Waals surface area (Å²) in [5, 5.41) is 12.9. The van der Waals surface area contributed by atoms with Crippen molar-refractivity contribution in [2.24, 2.45) is 0 Å². The quantitative estimate of drug-likeness (QED) is 0.446. The van der Waals surface area contributed by atoms with E-state index < -0.39 is 4.92 Å². The van der Waals surface area contributed by atoms with E-state index in [0.717, 1.165) is 10.8 Å². The summed E-state index contributed by atoms with van der Waals surface area (Å²) in [7, 11) is 0. The molecule has 0 unspecified atom stereocenters. The van der Waals surface area contributed by atoms with Gasteiger partial charge in [0.1, 0.15) is 5.75 Å². The third-order valence-corrected chi connectivity index (χ3v) is 3.72. The van der Waals surface area contributed by atoms with E-state index in [1.807, 2.05) is 36.4 Å². The Morgan fingerprint density at radius 1 is 0.955 bits per heavy atom. The molecule has 0 amide bonds. The van der Waals surface area contributed by atoms with E-state index in [1.54, 1.807) is 6.07 Å². The molecule has 0 bridgehead atoms. The number of nitro benzene ring substituents is 1. The van der Waals surface area contributed by atoms with Crippen LogP contribution in [-0.4, -0.2) is 4.92 Å². The van der Waals surface area contributed by atoms with Crippen molar-refractivity contribution in [2.75, 3.05) is 0 Å². The molecule has 0 aliphatic carbocycles. The highest BCUT2D eigenvalue weighted by atomic mass is 35.5. The third-order valence-electron chi connectivity index (χ3n) is 3.16. The van der Waals surface area contributed by atoms with Crippen molar-refractivity contribution in [1.82, 2.24) is 0 Å². The molecule has 0 spiro atoms. The lowest BCUT2D eigenvalue weighted by atomic mass is 10.1. The van der Waals surface area contributed by atoms with Gasteiger partial charge in [-0.15, -0.1) is 0 Å². The average molecular weight is 334 g/mol. The van der Waals surface area contributed by atoms with Crippen LogP contribution in [0.2, 0.25) is 10.0 Å². The van der Waals surface area contributed by atoms with Gasteiger partial charge in [0.05, 0.1) is 15.0 Å². The Morgan fingerprint density at radius 3 is 2.27 bits per heavy atom. The molecule has 0 radical (unpaired) electrons. The van der Waals surface area contributed by atoms with Crippen LogP contribution in [0.3, 0.4) is 0 Å². The number of nitro groups is 1. The van der Waals surface area contributed by atoms with Crippen molar-refractivity contribution < 1.29 is 9.66 Å². The number of rotatable bonds is 3. The molecule has 3 rings (SSSR count). The Kier molecular flexibility index (Phi) is 3.88. The van der Waals surface area contributed by atoms with Gasteiger partial charge in [0.25, 0.3) is 5.69 Å². The lowest BCUT2D eigenvalue weighted by molar-refractivity contribution is -0.384. The van der Waals surface area contributed by atoms with E-state index in [1.165, 1.54) is 12.1 Å². The smallest absolute Gasteiger partial charge is 0.272 e. The average Bonchev–Trinajstić information content (AvgIpc) is 2.50. The molecule has 0 aromatic heterocycles. The van der Waals surface area contributed by atoms with E-state index in [4.69, 9.17) is 27.9 Å². The van der Waals surface area contributed by atoms with Crippen molar-refractivity contribution in [1.29, 1.82) is 0 Å². The SMILES string of the molecule is O=[N+]([O-])c1cc(Cl)c(Oc2cccc3ccccc23)c(Cl)c1. The number of halogens is 2. The van der Waals surface area contributed by atoms with Gasteiger partial charge in [-0.2, -0.15) is 0 Å². The van der Waals surface area contributed by atoms with Gasteiger partial charge in [0, 0.05) is 17.5 Å². The molecule has 22 heavy (non-hydrogen) atoms. The van der Waals surface area contributed by atoms with Crippen LogP contribution in [0.4, 0.5) is 5.69 Å². The number of hydrogen-bond acceptors (Lipinski definition) is 3. The zero-order valence-corrected chi connectivity index (χ0v) is 12.6. The normalized spacial score (nSPS) is 10.6. The van der Waals surface area contributed by atoms with Crippen LogP contribution in [-0.2, 0) is 0 Å². The number of hydrogen-bond donors (Lipinski definition) is 0. The molecule has 0 heterocycles. The lowest BCUT2D eigenvalue weighted by Gasteiger charge is -2.11. The summed E-state index contributed by atoms with van der Waals surface area (Å²) in [6, 6.07) is 15.7. The van der Waals surface area contributed by atoms with Gasteiger partial charge in [-0.3, -0.25) is 10.1 Å². The molecule has 3 aromatic rings. The first-order valence-electron chi connectivity index (χ1n) is 6.35. The van der Waals surface area contributed by atoms with Crippen molar-refractivity contribution in [3.63, 3.8) is 0 Å². The number of benzene rings is 3. The molecular formula is C16H9Cl2NO3. The van der Waals surface area contributed by atoms with Crippen molar-refractivity contribution in [2.45, 2.75) is 0 Å². The van der Waals surface area contributed by atoms with Crippen LogP contribution in [0.25, 0.3) is 10.8 Å². The maximum absolute atomic E-state index is 10.8. The van der Waals surface area contributed by atoms with E-state index in [9.17, 15) is 10.1 Å². The Balaban J connectivity index is 2.08. The predicted molar refractivity (Wildman–Crippen MR) is 87.1 cm³/mol. The first-order valence-corrected chi connectivity index (χ1v) is 7.11. The largest absolute Gasteiger partial charge is 0.454 e. The van der Waals surface area contributed by atoms with Crippen LogP contribution >= 0.6 is 23.2 Å². The zero-order chi connectivity index (χ0) is 15.7. The number of non-ortho nitro benzene ring substituents is 1. The minimum atomic E-state index is -0.556. The molecule has 3 aromatic carbocycles. The maximum Gasteiger partial charge on any atom is 0.272 e. The molecule has 4 nitrogen and oxygen atoms in total. The maximum atomic E-state index is 10.8. The predicted octanol–water partition coefficient (Wildman–Crippen LogP) is 5.85. The third kappa shape index (κ3) is 2.71. The molecule has 6 heteroatoms. The summed E-state index contributed by atoms with van der Waals surface area (Å²) in [5.74, 6) is 0.779. The molecule has 0 atom stereocenters. The number of fused-ring (bicyclic) bond motifs is 1. The van der Waals surface area contributed by atoms with Gasteiger partial charge in [-0.05, 0) is 11.5 Å². The first kappa shape index (κ1) is 14.6. The van der Waals surface area contributed by atoms with E-state index in [0.29, 0.717) is 5.75 Å². The standard InChI is InChI=1S/C16H9Cl2NO3/c17-13-8-11(19(20)21)9-14(18)16(13)22-15-7-3-5-10-4-1-2-6-12(10)15/h1-9H. The molecular weight excluding hydrogens is 325 g/mol. The fourth-order valence-electron chi connectivity index (χ4n) is 2.14. The molecule has 0 N–H and O–H groups in total. The second-order valence-corrected chi connectivity index (χ2v) is 5.39. The fourth-order valence-corrected chi connectivity index (χ4v) is 2.70. The van der Waals surface area contributed by atoms with Gasteiger partial charge in [0.2, 0.25) is 0 Å². The van der Waals surface area contributed by atoms with Crippen LogP contribution in [0.15, 0.2) is 54.6 Å². The Bertz CT molecular complexity index is 852. The fraction of sp³-hybridized carbons (Fsp3) is 0. The van der Waals surface area contributed by atoms with Crippen LogP contribution < -0.4 is 4.74 Å². The van der Waals surface area contributed by atoms with Crippen molar-refractivity contribution in [3.05, 3.63) is 74.8 Å². The Hall–Kier alpha value is -2.30. The summed E-state index contributed by atoms with van der Waals surface area (Å²) in [4.78, 5) is 10.2. The second kappa shape index (κ2) is 5.83. The van der Waals surface area contributed by atoms with E-state index >= 15 is 0 Å². The van der Waals surface area contributed by atoms with Crippen molar-refractivity contribution >= 4 is 39.7 Å². The molecule has 0 aliphatic heterocycles. The minimum Gasteiger partial charge on any atom is -0.454 e. The van der Waals surface area contributed by atoms with E-state index in [2.05, 4.69) is 0 Å². The second-order valence-electron chi connectivity index (χ2n) is 4.57. The molecule has 0 fully saturated rings.